The van der Waals surface area contributed by atoms with E-state index in [4.69, 9.17) is 23.7 Å². The van der Waals surface area contributed by atoms with Crippen LogP contribution >= 0.6 is 0 Å². The zero-order valence-corrected chi connectivity index (χ0v) is 16.0. The number of rotatable bonds is 6. The zero-order chi connectivity index (χ0) is 22.0. The highest BCUT2D eigenvalue weighted by Gasteiger charge is 2.46. The molecule has 9 atom stereocenters. The van der Waals surface area contributed by atoms with Crippen molar-refractivity contribution in [3.63, 3.8) is 0 Å². The predicted molar refractivity (Wildman–Crippen MR) is 95.7 cm³/mol. The lowest BCUT2D eigenvalue weighted by atomic mass is 9.99. The minimum Gasteiger partial charge on any atom is -0.504 e. The highest BCUT2D eigenvalue weighted by atomic mass is 16.7. The molecule has 2 aliphatic heterocycles. The van der Waals surface area contributed by atoms with Crippen molar-refractivity contribution < 1.29 is 59.4 Å². The molecule has 0 aliphatic carbocycles. The number of phenolic OH excluding ortho intramolecular Hbond substituents is 1. The van der Waals surface area contributed by atoms with Gasteiger partial charge in [0.05, 0.1) is 20.3 Å². The quantitative estimate of drug-likeness (QED) is 0.241. The van der Waals surface area contributed by atoms with Gasteiger partial charge < -0.3 is 59.4 Å². The summed E-state index contributed by atoms with van der Waals surface area (Å²) in [5, 5.41) is 69.2. The molecule has 2 saturated heterocycles. The summed E-state index contributed by atoms with van der Waals surface area (Å²) in [5.74, 6) is 0.137. The molecule has 30 heavy (non-hydrogen) atoms. The number of methoxy groups -OCH3 is 1. The number of aliphatic hydroxyl groups excluding tert-OH is 6. The predicted octanol–water partition coefficient (Wildman–Crippen LogP) is -2.96. The second kappa shape index (κ2) is 9.60. The molecule has 12 heteroatoms. The standard InChI is InChI=1S/C18H26O12/c1-26-10-4-7(2-3-8(10)19)29-18-16(25)14(23)13(22)11(30-18)6-28-17-15(24)12(21)9(20)5-27-17/h2-4,9,11-25H,5-6H2,1H3/t9-,11+,12-,13-,14-,15-,16-,17+,18+/m1/s1. The number of benzene rings is 1. The highest BCUT2D eigenvalue weighted by molar-refractivity contribution is 5.44. The Morgan fingerprint density at radius 2 is 1.63 bits per heavy atom. The molecule has 7 N–H and O–H groups in total. The van der Waals surface area contributed by atoms with Gasteiger partial charge in [-0.05, 0) is 12.1 Å². The molecule has 2 fully saturated rings. The normalized spacial score (nSPS) is 39.5. The van der Waals surface area contributed by atoms with Gasteiger partial charge in [-0.2, -0.15) is 0 Å². The van der Waals surface area contributed by atoms with Crippen molar-refractivity contribution in [1.29, 1.82) is 0 Å². The number of phenols is 1. The highest BCUT2D eigenvalue weighted by Crippen LogP contribution is 2.32. The Bertz CT molecular complexity index is 702. The first-order chi connectivity index (χ1) is 14.2. The average Bonchev–Trinajstić information content (AvgIpc) is 2.74. The summed E-state index contributed by atoms with van der Waals surface area (Å²) in [6.45, 7) is -0.666. The molecule has 0 aromatic heterocycles. The van der Waals surface area contributed by atoms with E-state index in [9.17, 15) is 35.7 Å². The van der Waals surface area contributed by atoms with Crippen LogP contribution in [0.1, 0.15) is 0 Å². The topological polar surface area (TPSA) is 188 Å². The third kappa shape index (κ3) is 4.77. The lowest BCUT2D eigenvalue weighted by Crippen LogP contribution is -2.61. The van der Waals surface area contributed by atoms with Crippen molar-refractivity contribution in [2.75, 3.05) is 20.3 Å². The molecule has 0 saturated carbocycles. The Hall–Kier alpha value is -1.74. The van der Waals surface area contributed by atoms with Crippen LogP contribution in [0.2, 0.25) is 0 Å². The van der Waals surface area contributed by atoms with Crippen molar-refractivity contribution in [2.24, 2.45) is 0 Å². The van der Waals surface area contributed by atoms with Crippen molar-refractivity contribution in [3.8, 4) is 17.2 Å². The molecule has 3 rings (SSSR count). The van der Waals surface area contributed by atoms with E-state index in [1.54, 1.807) is 0 Å². The Kier molecular flexibility index (Phi) is 7.34. The fourth-order valence-electron chi connectivity index (χ4n) is 3.13. The van der Waals surface area contributed by atoms with Gasteiger partial charge in [0.2, 0.25) is 6.29 Å². The van der Waals surface area contributed by atoms with E-state index in [1.165, 1.54) is 25.3 Å². The van der Waals surface area contributed by atoms with E-state index >= 15 is 0 Å². The third-order valence-corrected chi connectivity index (χ3v) is 4.95. The summed E-state index contributed by atoms with van der Waals surface area (Å²) in [6, 6.07) is 4.03. The van der Waals surface area contributed by atoms with E-state index in [2.05, 4.69) is 0 Å². The van der Waals surface area contributed by atoms with Gasteiger partial charge in [0, 0.05) is 6.07 Å². The van der Waals surface area contributed by atoms with Crippen molar-refractivity contribution in [3.05, 3.63) is 18.2 Å². The van der Waals surface area contributed by atoms with Gasteiger partial charge in [0.1, 0.15) is 48.5 Å². The molecule has 12 nitrogen and oxygen atoms in total. The summed E-state index contributed by atoms with van der Waals surface area (Å²) in [4.78, 5) is 0. The van der Waals surface area contributed by atoms with Crippen molar-refractivity contribution in [1.82, 2.24) is 0 Å². The Morgan fingerprint density at radius 3 is 2.33 bits per heavy atom. The molecule has 0 amide bonds. The molecule has 0 bridgehead atoms. The molecule has 0 spiro atoms. The first-order valence-electron chi connectivity index (χ1n) is 9.23. The van der Waals surface area contributed by atoms with E-state index < -0.39 is 61.9 Å². The van der Waals surface area contributed by atoms with Crippen LogP contribution in [0.4, 0.5) is 0 Å². The maximum Gasteiger partial charge on any atom is 0.229 e. The van der Waals surface area contributed by atoms with E-state index in [1.807, 2.05) is 0 Å². The summed E-state index contributed by atoms with van der Waals surface area (Å²) in [7, 11) is 1.34. The van der Waals surface area contributed by atoms with Crippen molar-refractivity contribution >= 4 is 0 Å². The first kappa shape index (κ1) is 22.9. The second-order valence-corrected chi connectivity index (χ2v) is 7.05. The van der Waals surface area contributed by atoms with Gasteiger partial charge in [-0.25, -0.2) is 0 Å². The molecular formula is C18H26O12. The van der Waals surface area contributed by atoms with Crippen LogP contribution in [-0.2, 0) is 14.2 Å². The minimum atomic E-state index is -1.64. The summed E-state index contributed by atoms with van der Waals surface area (Å²) in [6.07, 6.45) is -13.0. The van der Waals surface area contributed by atoms with Crippen molar-refractivity contribution in [2.45, 2.75) is 55.3 Å². The van der Waals surface area contributed by atoms with Crippen LogP contribution in [0.25, 0.3) is 0 Å². The van der Waals surface area contributed by atoms with Gasteiger partial charge in [-0.15, -0.1) is 0 Å². The van der Waals surface area contributed by atoms with Crippen LogP contribution in [0, 0.1) is 0 Å². The van der Waals surface area contributed by atoms with Crippen LogP contribution in [0.3, 0.4) is 0 Å². The minimum absolute atomic E-state index is 0.113. The molecular weight excluding hydrogens is 408 g/mol. The second-order valence-electron chi connectivity index (χ2n) is 7.05. The molecule has 2 heterocycles. The van der Waals surface area contributed by atoms with Gasteiger partial charge in [0.25, 0.3) is 0 Å². The zero-order valence-electron chi connectivity index (χ0n) is 16.0. The number of aromatic hydroxyl groups is 1. The van der Waals surface area contributed by atoms with Crippen LogP contribution in [0.5, 0.6) is 17.2 Å². The number of ether oxygens (including phenoxy) is 5. The maximum absolute atomic E-state index is 10.2. The number of hydrogen-bond acceptors (Lipinski definition) is 12. The maximum atomic E-state index is 10.2. The largest absolute Gasteiger partial charge is 0.504 e. The molecule has 0 radical (unpaired) electrons. The van der Waals surface area contributed by atoms with E-state index in [-0.39, 0.29) is 23.9 Å². The molecule has 1 aromatic rings. The lowest BCUT2D eigenvalue weighted by Gasteiger charge is -2.41. The Balaban J connectivity index is 1.64. The molecule has 0 unspecified atom stereocenters. The smallest absolute Gasteiger partial charge is 0.229 e. The summed E-state index contributed by atoms with van der Waals surface area (Å²) >= 11 is 0. The number of hydrogen-bond donors (Lipinski definition) is 7. The summed E-state index contributed by atoms with van der Waals surface area (Å²) in [5.41, 5.74) is 0. The third-order valence-electron chi connectivity index (χ3n) is 4.95. The fraction of sp³-hybridized carbons (Fsp3) is 0.667. The molecule has 2 aliphatic rings. The van der Waals surface area contributed by atoms with E-state index in [0.29, 0.717) is 0 Å². The lowest BCUT2D eigenvalue weighted by molar-refractivity contribution is -0.307. The SMILES string of the molecule is COc1cc(O[C@H]2O[C@@H](CO[C@@H]3OC[C@@H](O)[C@@H](O)[C@H]3O)[C@@H](O)[C@@H](O)[C@H]2O)ccc1O. The molecule has 1 aromatic carbocycles. The Labute approximate surface area is 171 Å². The fourth-order valence-corrected chi connectivity index (χ4v) is 3.13. The van der Waals surface area contributed by atoms with Crippen LogP contribution in [0.15, 0.2) is 18.2 Å². The average molecular weight is 434 g/mol. The number of aliphatic hydroxyl groups is 6. The van der Waals surface area contributed by atoms with Gasteiger partial charge in [-0.3, -0.25) is 0 Å². The van der Waals surface area contributed by atoms with Crippen LogP contribution < -0.4 is 9.47 Å². The van der Waals surface area contributed by atoms with Crippen LogP contribution in [-0.4, -0.2) is 111 Å². The summed E-state index contributed by atoms with van der Waals surface area (Å²) < 4.78 is 26.4. The van der Waals surface area contributed by atoms with Gasteiger partial charge >= 0.3 is 0 Å². The molecule has 170 valence electrons. The van der Waals surface area contributed by atoms with Gasteiger partial charge in [0.15, 0.2) is 17.8 Å². The monoisotopic (exact) mass is 434 g/mol. The van der Waals surface area contributed by atoms with Gasteiger partial charge in [-0.1, -0.05) is 0 Å². The van der Waals surface area contributed by atoms with E-state index in [0.717, 1.165) is 0 Å². The Morgan fingerprint density at radius 1 is 0.933 bits per heavy atom. The first-order valence-corrected chi connectivity index (χ1v) is 9.23.